The van der Waals surface area contributed by atoms with Gasteiger partial charge in [-0.05, 0) is 69.2 Å². The quantitative estimate of drug-likeness (QED) is 0.386. The van der Waals surface area contributed by atoms with Crippen LogP contribution in [0.4, 0.5) is 8.78 Å². The van der Waals surface area contributed by atoms with Crippen LogP contribution < -0.4 is 0 Å². The number of ether oxygens (including phenoxy) is 1. The van der Waals surface area contributed by atoms with Gasteiger partial charge >= 0.3 is 5.97 Å². The van der Waals surface area contributed by atoms with E-state index in [1.165, 1.54) is 0 Å². The van der Waals surface area contributed by atoms with E-state index in [1.54, 1.807) is 13.0 Å². The average molecular weight is 374 g/mol. The summed E-state index contributed by atoms with van der Waals surface area (Å²) in [5.41, 5.74) is 4.56. The molecule has 146 valence electrons. The van der Waals surface area contributed by atoms with E-state index >= 15 is 4.39 Å². The maximum atomic E-state index is 15.1. The molecule has 0 unspecified atom stereocenters. The molecule has 2 nitrogen and oxygen atoms in total. The van der Waals surface area contributed by atoms with Gasteiger partial charge in [-0.3, -0.25) is 4.79 Å². The molecule has 1 aliphatic carbocycles. The maximum Gasteiger partial charge on any atom is 0.306 e. The van der Waals surface area contributed by atoms with Crippen molar-refractivity contribution in [1.82, 2.24) is 0 Å². The number of hydrogen-bond acceptors (Lipinski definition) is 2. The maximum absolute atomic E-state index is 15.1. The minimum Gasteiger partial charge on any atom is -0.466 e. The molecular formula is C23H28F2O2. The number of benzene rings is 1. The van der Waals surface area contributed by atoms with Gasteiger partial charge in [0.2, 0.25) is 0 Å². The Balaban J connectivity index is 2.42. The normalized spacial score (nSPS) is 15.4. The Hall–Kier alpha value is -2.23. The number of halogens is 2. The van der Waals surface area contributed by atoms with Gasteiger partial charge in [0.25, 0.3) is 0 Å². The van der Waals surface area contributed by atoms with Crippen molar-refractivity contribution in [3.05, 3.63) is 64.3 Å². The highest BCUT2D eigenvalue weighted by Crippen LogP contribution is 2.40. The number of carbonyl (C=O) groups is 1. The van der Waals surface area contributed by atoms with E-state index < -0.39 is 17.6 Å². The lowest BCUT2D eigenvalue weighted by atomic mass is 9.90. The van der Waals surface area contributed by atoms with Crippen LogP contribution in [0.15, 0.2) is 42.0 Å². The molecule has 1 aromatic carbocycles. The van der Waals surface area contributed by atoms with Crippen molar-refractivity contribution in [3.63, 3.8) is 0 Å². The smallest absolute Gasteiger partial charge is 0.306 e. The van der Waals surface area contributed by atoms with E-state index in [0.29, 0.717) is 11.5 Å². The van der Waals surface area contributed by atoms with Gasteiger partial charge in [0, 0.05) is 12.0 Å². The van der Waals surface area contributed by atoms with Gasteiger partial charge in [0.15, 0.2) is 5.83 Å². The van der Waals surface area contributed by atoms with Crippen molar-refractivity contribution in [2.24, 2.45) is 5.92 Å². The van der Waals surface area contributed by atoms with Crippen LogP contribution in [0.1, 0.15) is 54.9 Å². The molecule has 0 bridgehead atoms. The lowest BCUT2D eigenvalue weighted by molar-refractivity contribution is -0.143. The van der Waals surface area contributed by atoms with Gasteiger partial charge in [-0.2, -0.15) is 0 Å². The number of aryl methyl sites for hydroxylation is 3. The monoisotopic (exact) mass is 374 g/mol. The molecule has 27 heavy (non-hydrogen) atoms. The summed E-state index contributed by atoms with van der Waals surface area (Å²) >= 11 is 0. The Labute approximate surface area is 160 Å². The van der Waals surface area contributed by atoms with E-state index in [9.17, 15) is 9.18 Å². The largest absolute Gasteiger partial charge is 0.466 e. The zero-order valence-corrected chi connectivity index (χ0v) is 16.6. The second-order valence-electron chi connectivity index (χ2n) is 7.20. The molecule has 0 aromatic heterocycles. The molecule has 1 saturated carbocycles. The van der Waals surface area contributed by atoms with Gasteiger partial charge in [0.1, 0.15) is 5.83 Å². The van der Waals surface area contributed by atoms with Gasteiger partial charge in [-0.1, -0.05) is 29.8 Å². The van der Waals surface area contributed by atoms with Crippen LogP contribution in [0.25, 0.3) is 5.57 Å². The Bertz CT molecular complexity index is 776. The lowest BCUT2D eigenvalue weighted by Gasteiger charge is -2.15. The molecular weight excluding hydrogens is 346 g/mol. The molecule has 0 heterocycles. The number of carbonyl (C=O) groups excluding carboxylic acids is 1. The molecule has 0 amide bonds. The number of hydrogen-bond donors (Lipinski definition) is 0. The van der Waals surface area contributed by atoms with E-state index in [1.807, 2.05) is 32.9 Å². The van der Waals surface area contributed by atoms with Gasteiger partial charge in [-0.15, -0.1) is 0 Å². The standard InChI is InChI=1S/C23H28F2O2/c1-6-27-21(26)10-9-20(24)23(25)19(13-15(3)18-7-8-18)22-16(4)11-14(2)12-17(22)5/h11-13,18H,3,6-10H2,1-2,4-5H3/b19-13-,23-20+. The predicted octanol–water partition coefficient (Wildman–Crippen LogP) is 6.46. The van der Waals surface area contributed by atoms with E-state index in [2.05, 4.69) is 6.58 Å². The first-order valence-corrected chi connectivity index (χ1v) is 9.43. The summed E-state index contributed by atoms with van der Waals surface area (Å²) < 4.78 is 34.5. The van der Waals surface area contributed by atoms with Gasteiger partial charge in [0.05, 0.1) is 13.0 Å². The number of esters is 1. The van der Waals surface area contributed by atoms with Crippen molar-refractivity contribution in [3.8, 4) is 0 Å². The molecule has 1 aliphatic rings. The molecule has 2 rings (SSSR count). The van der Waals surface area contributed by atoms with Crippen LogP contribution in [0.2, 0.25) is 0 Å². The third kappa shape index (κ3) is 5.62. The van der Waals surface area contributed by atoms with Crippen molar-refractivity contribution < 1.29 is 18.3 Å². The van der Waals surface area contributed by atoms with Crippen LogP contribution in [-0.4, -0.2) is 12.6 Å². The molecule has 0 N–H and O–H groups in total. The van der Waals surface area contributed by atoms with Crippen molar-refractivity contribution >= 4 is 11.5 Å². The molecule has 1 aromatic rings. The number of allylic oxidation sites excluding steroid dienone is 5. The summed E-state index contributed by atoms with van der Waals surface area (Å²) in [4.78, 5) is 11.5. The Morgan fingerprint density at radius 3 is 2.30 bits per heavy atom. The second kappa shape index (κ2) is 9.12. The SMILES string of the molecule is C=C(/C=C(\C(F)=C(/F)CCC(=O)OCC)c1c(C)cc(C)cc1C)C1CC1. The van der Waals surface area contributed by atoms with E-state index in [0.717, 1.165) is 35.1 Å². The minimum atomic E-state index is -0.933. The molecule has 1 fully saturated rings. The summed E-state index contributed by atoms with van der Waals surface area (Å²) in [6.07, 6.45) is 3.23. The Morgan fingerprint density at radius 1 is 1.19 bits per heavy atom. The Kier molecular flexibility index (Phi) is 7.11. The zero-order valence-electron chi connectivity index (χ0n) is 16.6. The molecule has 0 saturated heterocycles. The summed E-state index contributed by atoms with van der Waals surface area (Å²) in [6, 6.07) is 3.92. The van der Waals surface area contributed by atoms with E-state index in [4.69, 9.17) is 4.74 Å². The lowest BCUT2D eigenvalue weighted by Crippen LogP contribution is -2.04. The highest BCUT2D eigenvalue weighted by molar-refractivity contribution is 5.83. The molecule has 4 heteroatoms. The summed E-state index contributed by atoms with van der Waals surface area (Å²) in [7, 11) is 0. The summed E-state index contributed by atoms with van der Waals surface area (Å²) in [6.45, 7) is 11.7. The third-order valence-electron chi connectivity index (χ3n) is 4.71. The molecule has 0 aliphatic heterocycles. The molecule has 0 radical (unpaired) electrons. The molecule has 0 atom stereocenters. The first kappa shape index (κ1) is 21.1. The fraction of sp³-hybridized carbons (Fsp3) is 0.435. The minimum absolute atomic E-state index is 0.185. The fourth-order valence-electron chi connectivity index (χ4n) is 3.31. The van der Waals surface area contributed by atoms with E-state index in [-0.39, 0.29) is 25.0 Å². The topological polar surface area (TPSA) is 26.3 Å². The highest BCUT2D eigenvalue weighted by atomic mass is 19.2. The molecule has 0 spiro atoms. The van der Waals surface area contributed by atoms with Gasteiger partial charge in [-0.25, -0.2) is 8.78 Å². The fourth-order valence-corrected chi connectivity index (χ4v) is 3.31. The Morgan fingerprint density at radius 2 is 1.78 bits per heavy atom. The zero-order chi connectivity index (χ0) is 20.1. The second-order valence-corrected chi connectivity index (χ2v) is 7.20. The van der Waals surface area contributed by atoms with Crippen molar-refractivity contribution in [1.29, 1.82) is 0 Å². The first-order valence-electron chi connectivity index (χ1n) is 9.43. The summed E-state index contributed by atoms with van der Waals surface area (Å²) in [5, 5.41) is 0. The van der Waals surface area contributed by atoms with Crippen LogP contribution in [0.5, 0.6) is 0 Å². The van der Waals surface area contributed by atoms with Crippen LogP contribution in [-0.2, 0) is 9.53 Å². The average Bonchev–Trinajstić information content (AvgIpc) is 3.42. The third-order valence-corrected chi connectivity index (χ3v) is 4.71. The number of rotatable bonds is 8. The van der Waals surface area contributed by atoms with Gasteiger partial charge < -0.3 is 4.74 Å². The van der Waals surface area contributed by atoms with Crippen molar-refractivity contribution in [2.45, 2.75) is 53.4 Å². The summed E-state index contributed by atoms with van der Waals surface area (Å²) in [5.74, 6) is -2.04. The first-order chi connectivity index (χ1) is 12.7. The van der Waals surface area contributed by atoms with Crippen LogP contribution >= 0.6 is 0 Å². The predicted molar refractivity (Wildman–Crippen MR) is 106 cm³/mol. The van der Waals surface area contributed by atoms with Crippen LogP contribution in [0.3, 0.4) is 0 Å². The van der Waals surface area contributed by atoms with Crippen molar-refractivity contribution in [2.75, 3.05) is 6.61 Å². The highest BCUT2D eigenvalue weighted by Gasteiger charge is 2.26. The van der Waals surface area contributed by atoms with Crippen LogP contribution in [0, 0.1) is 26.7 Å².